The molecule has 1 aromatic rings. The highest BCUT2D eigenvalue weighted by Gasteiger charge is 2.07. The van der Waals surface area contributed by atoms with E-state index >= 15 is 0 Å². The Morgan fingerprint density at radius 2 is 1.85 bits per heavy atom. The van der Waals surface area contributed by atoms with Crippen LogP contribution in [0, 0.1) is 6.92 Å². The molecule has 0 unspecified atom stereocenters. The van der Waals surface area contributed by atoms with E-state index in [9.17, 15) is 9.59 Å². The van der Waals surface area contributed by atoms with Crippen molar-refractivity contribution in [2.24, 2.45) is 5.73 Å². The Labute approximate surface area is 119 Å². The number of amides is 3. The van der Waals surface area contributed by atoms with Crippen molar-refractivity contribution in [2.75, 3.05) is 25.0 Å². The fourth-order valence-corrected chi connectivity index (χ4v) is 1.73. The molecular weight excluding hydrogens is 256 g/mol. The number of hydrogen-bond acceptors (Lipinski definition) is 3. The molecule has 5 N–H and O–H groups in total. The molecule has 3 amide bonds. The van der Waals surface area contributed by atoms with E-state index < -0.39 is 6.03 Å². The Bertz CT molecular complexity index is 474. The van der Waals surface area contributed by atoms with Gasteiger partial charge in [-0.2, -0.15) is 0 Å². The molecule has 0 aliphatic heterocycles. The van der Waals surface area contributed by atoms with Crippen LogP contribution in [0.2, 0.25) is 0 Å². The standard InChI is InChI=1S/C14H22N4O2/c1-3-6-16-12-5-4-11(9-10(12)2)13(19)17-7-8-18-14(15)20/h4-5,9,16H,3,6-8H2,1-2H3,(H,17,19)(H3,15,18,20). The van der Waals surface area contributed by atoms with E-state index in [1.54, 1.807) is 6.07 Å². The zero-order valence-corrected chi connectivity index (χ0v) is 12.0. The predicted octanol–water partition coefficient (Wildman–Crippen LogP) is 1.22. The summed E-state index contributed by atoms with van der Waals surface area (Å²) >= 11 is 0. The van der Waals surface area contributed by atoms with Gasteiger partial charge in [0.15, 0.2) is 0 Å². The third-order valence-corrected chi connectivity index (χ3v) is 2.76. The van der Waals surface area contributed by atoms with Gasteiger partial charge in [-0.1, -0.05) is 6.92 Å². The van der Waals surface area contributed by atoms with E-state index in [1.807, 2.05) is 19.1 Å². The molecule has 0 spiro atoms. The van der Waals surface area contributed by atoms with Crippen LogP contribution in [0.1, 0.15) is 29.3 Å². The normalized spacial score (nSPS) is 9.90. The molecule has 1 rings (SSSR count). The van der Waals surface area contributed by atoms with Crippen LogP contribution < -0.4 is 21.7 Å². The molecule has 0 atom stereocenters. The number of aryl methyl sites for hydroxylation is 1. The molecule has 6 heteroatoms. The van der Waals surface area contributed by atoms with Gasteiger partial charge >= 0.3 is 6.03 Å². The van der Waals surface area contributed by atoms with Gasteiger partial charge in [-0.25, -0.2) is 4.79 Å². The van der Waals surface area contributed by atoms with E-state index in [0.29, 0.717) is 18.7 Å². The van der Waals surface area contributed by atoms with Gasteiger partial charge < -0.3 is 21.7 Å². The summed E-state index contributed by atoms with van der Waals surface area (Å²) in [6, 6.07) is 4.93. The van der Waals surface area contributed by atoms with E-state index in [-0.39, 0.29) is 5.91 Å². The van der Waals surface area contributed by atoms with Crippen LogP contribution >= 0.6 is 0 Å². The Kier molecular flexibility index (Phi) is 6.36. The molecule has 0 aliphatic carbocycles. The van der Waals surface area contributed by atoms with Crippen molar-refractivity contribution >= 4 is 17.6 Å². The minimum absolute atomic E-state index is 0.165. The second-order valence-corrected chi connectivity index (χ2v) is 4.50. The fraction of sp³-hybridized carbons (Fsp3) is 0.429. The number of rotatable bonds is 7. The molecule has 0 fully saturated rings. The molecule has 0 saturated carbocycles. The van der Waals surface area contributed by atoms with Gasteiger partial charge in [-0.15, -0.1) is 0 Å². The van der Waals surface area contributed by atoms with Crippen molar-refractivity contribution in [3.63, 3.8) is 0 Å². The van der Waals surface area contributed by atoms with E-state index in [4.69, 9.17) is 5.73 Å². The van der Waals surface area contributed by atoms with Gasteiger partial charge in [0.05, 0.1) is 0 Å². The maximum Gasteiger partial charge on any atom is 0.312 e. The number of nitrogens with two attached hydrogens (primary N) is 1. The zero-order chi connectivity index (χ0) is 15.0. The van der Waals surface area contributed by atoms with Crippen molar-refractivity contribution in [3.05, 3.63) is 29.3 Å². The number of carbonyl (C=O) groups is 2. The summed E-state index contributed by atoms with van der Waals surface area (Å²) in [6.45, 7) is 5.63. The van der Waals surface area contributed by atoms with Gasteiger partial charge in [0.1, 0.15) is 0 Å². The molecule has 0 heterocycles. The molecule has 0 saturated heterocycles. The van der Waals surface area contributed by atoms with E-state index in [2.05, 4.69) is 22.9 Å². The highest BCUT2D eigenvalue weighted by molar-refractivity contribution is 5.94. The van der Waals surface area contributed by atoms with Crippen LogP contribution in [0.3, 0.4) is 0 Å². The van der Waals surface area contributed by atoms with E-state index in [1.165, 1.54) is 0 Å². The number of anilines is 1. The van der Waals surface area contributed by atoms with Crippen LogP contribution in [0.25, 0.3) is 0 Å². The largest absolute Gasteiger partial charge is 0.385 e. The van der Waals surface area contributed by atoms with Crippen molar-refractivity contribution in [1.82, 2.24) is 10.6 Å². The lowest BCUT2D eigenvalue weighted by Crippen LogP contribution is -2.37. The highest BCUT2D eigenvalue weighted by Crippen LogP contribution is 2.16. The summed E-state index contributed by atoms with van der Waals surface area (Å²) in [5, 5.41) is 8.43. The molecule has 0 radical (unpaired) electrons. The first-order valence-electron chi connectivity index (χ1n) is 6.70. The number of nitrogens with one attached hydrogen (secondary N) is 3. The Hall–Kier alpha value is -2.24. The Balaban J connectivity index is 2.52. The first-order chi connectivity index (χ1) is 9.54. The van der Waals surface area contributed by atoms with Crippen molar-refractivity contribution < 1.29 is 9.59 Å². The summed E-state index contributed by atoms with van der Waals surface area (Å²) in [5.74, 6) is -0.165. The van der Waals surface area contributed by atoms with E-state index in [0.717, 1.165) is 24.2 Å². The van der Waals surface area contributed by atoms with Gasteiger partial charge in [0.2, 0.25) is 0 Å². The van der Waals surface area contributed by atoms with Gasteiger partial charge in [0.25, 0.3) is 5.91 Å². The minimum Gasteiger partial charge on any atom is -0.385 e. The average molecular weight is 278 g/mol. The third kappa shape index (κ3) is 5.17. The number of primary amides is 1. The van der Waals surface area contributed by atoms with Crippen molar-refractivity contribution in [3.8, 4) is 0 Å². The molecule has 6 nitrogen and oxygen atoms in total. The Morgan fingerprint density at radius 1 is 1.15 bits per heavy atom. The summed E-state index contributed by atoms with van der Waals surface area (Å²) in [7, 11) is 0. The van der Waals surface area contributed by atoms with Crippen LogP contribution in [0.15, 0.2) is 18.2 Å². The van der Waals surface area contributed by atoms with Gasteiger partial charge in [0, 0.05) is 30.9 Å². The number of hydrogen-bond donors (Lipinski definition) is 4. The molecule has 20 heavy (non-hydrogen) atoms. The quantitative estimate of drug-likeness (QED) is 0.564. The summed E-state index contributed by atoms with van der Waals surface area (Å²) in [4.78, 5) is 22.4. The number of benzene rings is 1. The molecule has 1 aromatic carbocycles. The van der Waals surface area contributed by atoms with Gasteiger partial charge in [-0.05, 0) is 37.1 Å². The SMILES string of the molecule is CCCNc1ccc(C(=O)NCCNC(N)=O)cc1C. The summed E-state index contributed by atoms with van der Waals surface area (Å²) in [5.41, 5.74) is 7.60. The lowest BCUT2D eigenvalue weighted by molar-refractivity contribution is 0.0954. The highest BCUT2D eigenvalue weighted by atomic mass is 16.2. The molecular formula is C14H22N4O2. The maximum absolute atomic E-state index is 11.9. The maximum atomic E-state index is 11.9. The lowest BCUT2D eigenvalue weighted by atomic mass is 10.1. The van der Waals surface area contributed by atoms with Crippen molar-refractivity contribution in [2.45, 2.75) is 20.3 Å². The predicted molar refractivity (Wildman–Crippen MR) is 79.9 cm³/mol. The molecule has 0 bridgehead atoms. The average Bonchev–Trinajstić information content (AvgIpc) is 2.41. The third-order valence-electron chi connectivity index (χ3n) is 2.76. The van der Waals surface area contributed by atoms with Crippen LogP contribution in [-0.2, 0) is 0 Å². The summed E-state index contributed by atoms with van der Waals surface area (Å²) in [6.07, 6.45) is 1.05. The molecule has 110 valence electrons. The fourth-order valence-electron chi connectivity index (χ4n) is 1.73. The smallest absolute Gasteiger partial charge is 0.312 e. The van der Waals surface area contributed by atoms with Crippen molar-refractivity contribution in [1.29, 1.82) is 0 Å². The Morgan fingerprint density at radius 3 is 2.45 bits per heavy atom. The first kappa shape index (κ1) is 15.8. The minimum atomic E-state index is -0.596. The number of carbonyl (C=O) groups excluding carboxylic acids is 2. The monoisotopic (exact) mass is 278 g/mol. The second kappa shape index (κ2) is 8.04. The number of urea groups is 1. The summed E-state index contributed by atoms with van der Waals surface area (Å²) < 4.78 is 0. The zero-order valence-electron chi connectivity index (χ0n) is 12.0. The molecule has 0 aromatic heterocycles. The van der Waals surface area contributed by atoms with Gasteiger partial charge in [-0.3, -0.25) is 4.79 Å². The molecule has 0 aliphatic rings. The van der Waals surface area contributed by atoms with Crippen LogP contribution in [-0.4, -0.2) is 31.6 Å². The lowest BCUT2D eigenvalue weighted by Gasteiger charge is -2.11. The van der Waals surface area contributed by atoms with Crippen LogP contribution in [0.5, 0.6) is 0 Å². The first-order valence-corrected chi connectivity index (χ1v) is 6.70. The second-order valence-electron chi connectivity index (χ2n) is 4.50. The van der Waals surface area contributed by atoms with Crippen LogP contribution in [0.4, 0.5) is 10.5 Å². The topological polar surface area (TPSA) is 96.2 Å².